The van der Waals surface area contributed by atoms with Gasteiger partial charge in [-0.2, -0.15) is 0 Å². The molecule has 5 saturated carbocycles. The summed E-state index contributed by atoms with van der Waals surface area (Å²) in [5, 5.41) is 18.4. The van der Waals surface area contributed by atoms with Crippen LogP contribution in [0, 0.1) is 76.4 Å². The van der Waals surface area contributed by atoms with Gasteiger partial charge in [0, 0.05) is 5.41 Å². The lowest BCUT2D eigenvalue weighted by molar-refractivity contribution is -0.161. The summed E-state index contributed by atoms with van der Waals surface area (Å²) < 4.78 is 5.22. The zero-order valence-electron chi connectivity index (χ0n) is 23.1. The van der Waals surface area contributed by atoms with Gasteiger partial charge in [0.05, 0.1) is 25.0 Å². The van der Waals surface area contributed by atoms with E-state index in [0.717, 1.165) is 53.8 Å². The molecule has 8 aliphatic carbocycles. The second-order valence-electron chi connectivity index (χ2n) is 14.4. The van der Waals surface area contributed by atoms with Gasteiger partial charge in [-0.1, -0.05) is 50.3 Å². The fourth-order valence-electron chi connectivity index (χ4n) is 9.58. The van der Waals surface area contributed by atoms with E-state index in [1.807, 2.05) is 12.2 Å². The van der Waals surface area contributed by atoms with Crippen molar-refractivity contribution in [2.45, 2.75) is 65.2 Å². The Morgan fingerprint density at radius 1 is 0.737 bits per heavy atom. The molecule has 0 aliphatic heterocycles. The Bertz CT molecular complexity index is 973. The van der Waals surface area contributed by atoms with E-state index in [9.17, 15) is 14.7 Å². The van der Waals surface area contributed by atoms with E-state index in [1.54, 1.807) is 33.1 Å². The first kappa shape index (κ1) is 26.3. The molecule has 0 radical (unpaired) electrons. The maximum atomic E-state index is 12.1. The van der Waals surface area contributed by atoms with Crippen LogP contribution in [0.2, 0.25) is 0 Å². The molecule has 0 aromatic rings. The van der Waals surface area contributed by atoms with E-state index >= 15 is 0 Å². The number of aliphatic carboxylic acids is 1. The highest BCUT2D eigenvalue weighted by molar-refractivity contribution is 5.83. The van der Waals surface area contributed by atoms with Gasteiger partial charge in [0.25, 0.3) is 0 Å². The number of allylic oxidation sites excluding steroid dienone is 6. The largest absolute Gasteiger partial charge is 0.481 e. The number of carbonyl (C=O) groups excluding carboxylic acids is 1. The highest BCUT2D eigenvalue weighted by Crippen LogP contribution is 2.65. The minimum atomic E-state index is -0.930. The van der Waals surface area contributed by atoms with Gasteiger partial charge < -0.3 is 14.9 Å². The zero-order chi connectivity index (χ0) is 26.6. The first-order chi connectivity index (χ1) is 18.2. The molecule has 0 heterocycles. The standard InChI is InChI=1S/C14H20O5.C12H16.C7H10/c1-14(2,6-15)7-19-13(18)11-9-4-3-8(5-9)10(11)12(16)17;1-2-8-5-7(1)11-9-3-4-10(6-9)12(8)11;1-2-7-4-3-6(1)5-7/h3-4,8-11,15H,5-7H2,1-2H3,(H,16,17);1-2,7-12H,3-6H2;1-2,6-7H,3-5H2. The van der Waals surface area contributed by atoms with E-state index in [1.165, 1.54) is 25.7 Å². The fraction of sp³-hybridized carbons (Fsp3) is 0.758. The van der Waals surface area contributed by atoms with Crippen molar-refractivity contribution in [1.82, 2.24) is 0 Å². The van der Waals surface area contributed by atoms with Gasteiger partial charge in [0.15, 0.2) is 0 Å². The Morgan fingerprint density at radius 2 is 1.26 bits per heavy atom. The average Bonchev–Trinajstić information content (AvgIpc) is 3.77. The zero-order valence-corrected chi connectivity index (χ0v) is 23.1. The summed E-state index contributed by atoms with van der Waals surface area (Å²) >= 11 is 0. The minimum absolute atomic E-state index is 0.0177. The molecule has 0 aromatic carbocycles. The quantitative estimate of drug-likeness (QED) is 0.267. The number of carboxylic acid groups (broad SMARTS) is 1. The number of carboxylic acids is 1. The van der Waals surface area contributed by atoms with Gasteiger partial charge in [-0.15, -0.1) is 0 Å². The SMILES string of the molecule is C1=CC2CC1C1C3CCC(C3)C21.C1=CC2CCC1C2.CC(C)(CO)COC(=O)C1C2C=CC(C2)C1C(=O)O. The van der Waals surface area contributed by atoms with Crippen LogP contribution in [0.1, 0.15) is 65.2 Å². The van der Waals surface area contributed by atoms with Gasteiger partial charge in [-0.3, -0.25) is 9.59 Å². The van der Waals surface area contributed by atoms with Crippen molar-refractivity contribution < 1.29 is 24.5 Å². The lowest BCUT2D eigenvalue weighted by Crippen LogP contribution is -2.36. The molecule has 0 aromatic heterocycles. The molecule has 8 rings (SSSR count). The number of ether oxygens (including phenoxy) is 1. The number of rotatable bonds is 5. The number of aliphatic hydroxyl groups is 1. The van der Waals surface area contributed by atoms with Crippen molar-refractivity contribution in [3.8, 4) is 0 Å². The van der Waals surface area contributed by atoms with Gasteiger partial charge >= 0.3 is 11.9 Å². The van der Waals surface area contributed by atoms with Gasteiger partial charge in [-0.05, 0) is 111 Å². The second kappa shape index (κ2) is 10.3. The summed E-state index contributed by atoms with van der Waals surface area (Å²) in [6.45, 7) is 3.59. The molecule has 5 fully saturated rings. The fourth-order valence-corrected chi connectivity index (χ4v) is 9.58. The van der Waals surface area contributed by atoms with Crippen molar-refractivity contribution >= 4 is 11.9 Å². The van der Waals surface area contributed by atoms with E-state index in [0.29, 0.717) is 0 Å². The van der Waals surface area contributed by atoms with Crippen LogP contribution in [-0.4, -0.2) is 35.4 Å². The van der Waals surface area contributed by atoms with Crippen molar-refractivity contribution in [2.24, 2.45) is 76.4 Å². The topological polar surface area (TPSA) is 83.8 Å². The molecule has 12 unspecified atom stereocenters. The molecule has 8 bridgehead atoms. The first-order valence-corrected chi connectivity index (χ1v) is 15.3. The first-order valence-electron chi connectivity index (χ1n) is 15.3. The highest BCUT2D eigenvalue weighted by atomic mass is 16.5. The molecule has 0 spiro atoms. The molecule has 0 saturated heterocycles. The number of carbonyl (C=O) groups is 2. The van der Waals surface area contributed by atoms with E-state index in [-0.39, 0.29) is 25.0 Å². The Hall–Kier alpha value is -1.88. The molecule has 38 heavy (non-hydrogen) atoms. The Balaban J connectivity index is 0.000000116. The van der Waals surface area contributed by atoms with Crippen LogP contribution < -0.4 is 0 Å². The number of aliphatic hydroxyl groups excluding tert-OH is 1. The van der Waals surface area contributed by atoms with Crippen LogP contribution in [0.15, 0.2) is 36.5 Å². The van der Waals surface area contributed by atoms with E-state index in [4.69, 9.17) is 9.84 Å². The Labute approximate surface area is 227 Å². The Morgan fingerprint density at radius 3 is 1.74 bits per heavy atom. The highest BCUT2D eigenvalue weighted by Gasteiger charge is 2.57. The second-order valence-corrected chi connectivity index (χ2v) is 14.4. The summed E-state index contributed by atoms with van der Waals surface area (Å²) in [5.41, 5.74) is -0.498. The third kappa shape index (κ3) is 4.82. The van der Waals surface area contributed by atoms with Crippen LogP contribution in [0.25, 0.3) is 0 Å². The van der Waals surface area contributed by atoms with Crippen molar-refractivity contribution in [3.63, 3.8) is 0 Å². The smallest absolute Gasteiger partial charge is 0.310 e. The molecule has 12 atom stereocenters. The molecule has 2 N–H and O–H groups in total. The van der Waals surface area contributed by atoms with Crippen LogP contribution in [-0.2, 0) is 14.3 Å². The van der Waals surface area contributed by atoms with Crippen LogP contribution >= 0.6 is 0 Å². The molecule has 208 valence electrons. The summed E-state index contributed by atoms with van der Waals surface area (Å²) in [6.07, 6.45) is 25.1. The Kier molecular flexibility index (Phi) is 7.12. The van der Waals surface area contributed by atoms with Crippen molar-refractivity contribution in [3.05, 3.63) is 36.5 Å². The lowest BCUT2D eigenvalue weighted by Gasteiger charge is -2.31. The number of fused-ring (bicyclic) bond motifs is 13. The van der Waals surface area contributed by atoms with Gasteiger partial charge in [-0.25, -0.2) is 0 Å². The van der Waals surface area contributed by atoms with E-state index in [2.05, 4.69) is 24.3 Å². The molecular weight excluding hydrogens is 476 g/mol. The molecule has 8 aliphatic rings. The van der Waals surface area contributed by atoms with Gasteiger partial charge in [0.1, 0.15) is 0 Å². The monoisotopic (exact) mass is 522 g/mol. The minimum Gasteiger partial charge on any atom is -0.481 e. The van der Waals surface area contributed by atoms with Crippen LogP contribution in [0.4, 0.5) is 0 Å². The van der Waals surface area contributed by atoms with Gasteiger partial charge in [0.2, 0.25) is 0 Å². The molecule has 0 amide bonds. The maximum absolute atomic E-state index is 12.1. The van der Waals surface area contributed by atoms with E-state index < -0.39 is 29.2 Å². The van der Waals surface area contributed by atoms with Crippen molar-refractivity contribution in [1.29, 1.82) is 0 Å². The number of hydrogen-bond acceptors (Lipinski definition) is 4. The summed E-state index contributed by atoms with van der Waals surface area (Å²) in [4.78, 5) is 23.4. The molecule has 5 nitrogen and oxygen atoms in total. The van der Waals surface area contributed by atoms with Crippen LogP contribution in [0.5, 0.6) is 0 Å². The summed E-state index contributed by atoms with van der Waals surface area (Å²) in [5.74, 6) is 5.94. The summed E-state index contributed by atoms with van der Waals surface area (Å²) in [7, 11) is 0. The third-order valence-corrected chi connectivity index (χ3v) is 11.4. The summed E-state index contributed by atoms with van der Waals surface area (Å²) in [6, 6.07) is 0. The normalized spacial score (nSPS) is 45.1. The predicted octanol–water partition coefficient (Wildman–Crippen LogP) is 5.90. The van der Waals surface area contributed by atoms with Crippen molar-refractivity contribution in [2.75, 3.05) is 13.2 Å². The number of esters is 1. The lowest BCUT2D eigenvalue weighted by atomic mass is 9.73. The number of hydrogen-bond donors (Lipinski definition) is 2. The van der Waals surface area contributed by atoms with Crippen LogP contribution in [0.3, 0.4) is 0 Å². The maximum Gasteiger partial charge on any atom is 0.310 e. The third-order valence-electron chi connectivity index (χ3n) is 11.4. The average molecular weight is 523 g/mol. The predicted molar refractivity (Wildman–Crippen MR) is 146 cm³/mol. The molecular formula is C33H46O5. The molecule has 5 heteroatoms.